The average molecular weight is 262 g/mol. The standard InChI is InChI=1S/C14H18N2OS/c17-14(16-13-2-1-5-18-9-13)10-3-4-11-7-15-8-12(11)6-10/h3-4,6,13,15H,1-2,5,7-9H2,(H,16,17). The van der Waals surface area contributed by atoms with Crippen molar-refractivity contribution in [1.82, 2.24) is 10.6 Å². The smallest absolute Gasteiger partial charge is 0.251 e. The summed E-state index contributed by atoms with van der Waals surface area (Å²) in [6.45, 7) is 1.81. The Balaban J connectivity index is 1.68. The van der Waals surface area contributed by atoms with E-state index >= 15 is 0 Å². The number of carbonyl (C=O) groups excluding carboxylic acids is 1. The number of nitrogens with one attached hydrogen (secondary N) is 2. The molecule has 3 nitrogen and oxygen atoms in total. The molecular formula is C14H18N2OS. The van der Waals surface area contributed by atoms with Gasteiger partial charge in [-0.25, -0.2) is 0 Å². The van der Waals surface area contributed by atoms with Crippen LogP contribution in [0.2, 0.25) is 0 Å². The zero-order valence-electron chi connectivity index (χ0n) is 10.4. The molecular weight excluding hydrogens is 244 g/mol. The number of carbonyl (C=O) groups is 1. The van der Waals surface area contributed by atoms with Gasteiger partial charge in [-0.1, -0.05) is 6.07 Å². The van der Waals surface area contributed by atoms with Gasteiger partial charge in [-0.15, -0.1) is 0 Å². The van der Waals surface area contributed by atoms with Crippen molar-refractivity contribution in [2.45, 2.75) is 32.0 Å². The summed E-state index contributed by atoms with van der Waals surface area (Å²) in [4.78, 5) is 12.2. The van der Waals surface area contributed by atoms with E-state index in [1.165, 1.54) is 23.3 Å². The van der Waals surface area contributed by atoms with Crippen LogP contribution in [0.5, 0.6) is 0 Å². The summed E-state index contributed by atoms with van der Waals surface area (Å²) in [7, 11) is 0. The van der Waals surface area contributed by atoms with Crippen molar-refractivity contribution < 1.29 is 4.79 Å². The fourth-order valence-corrected chi connectivity index (χ4v) is 3.63. The minimum Gasteiger partial charge on any atom is -0.348 e. The summed E-state index contributed by atoms with van der Waals surface area (Å²) >= 11 is 1.94. The number of hydrogen-bond acceptors (Lipinski definition) is 3. The molecule has 3 rings (SSSR count). The van der Waals surface area contributed by atoms with Crippen LogP contribution in [0.1, 0.15) is 34.3 Å². The van der Waals surface area contributed by atoms with Gasteiger partial charge in [-0.05, 0) is 41.9 Å². The number of amides is 1. The van der Waals surface area contributed by atoms with Crippen LogP contribution < -0.4 is 10.6 Å². The highest BCUT2D eigenvalue weighted by Crippen LogP contribution is 2.19. The summed E-state index contributed by atoms with van der Waals surface area (Å²) < 4.78 is 0. The van der Waals surface area contributed by atoms with Gasteiger partial charge in [-0.2, -0.15) is 11.8 Å². The molecule has 1 atom stereocenters. The monoisotopic (exact) mass is 262 g/mol. The Morgan fingerprint density at radius 2 is 2.22 bits per heavy atom. The lowest BCUT2D eigenvalue weighted by Gasteiger charge is -2.22. The van der Waals surface area contributed by atoms with Gasteiger partial charge >= 0.3 is 0 Å². The highest BCUT2D eigenvalue weighted by molar-refractivity contribution is 7.99. The largest absolute Gasteiger partial charge is 0.348 e. The lowest BCUT2D eigenvalue weighted by atomic mass is 10.1. The Morgan fingerprint density at radius 1 is 1.33 bits per heavy atom. The van der Waals surface area contributed by atoms with Crippen molar-refractivity contribution in [3.8, 4) is 0 Å². The Labute approximate surface area is 112 Å². The third-order valence-electron chi connectivity index (χ3n) is 3.59. The van der Waals surface area contributed by atoms with Crippen LogP contribution in [0.4, 0.5) is 0 Å². The van der Waals surface area contributed by atoms with E-state index in [1.54, 1.807) is 0 Å². The molecule has 0 radical (unpaired) electrons. The summed E-state index contributed by atoms with van der Waals surface area (Å²) in [5.74, 6) is 2.37. The molecule has 4 heteroatoms. The molecule has 1 saturated heterocycles. The molecule has 96 valence electrons. The van der Waals surface area contributed by atoms with Gasteiger partial charge in [0.05, 0.1) is 0 Å². The van der Waals surface area contributed by atoms with E-state index in [4.69, 9.17) is 0 Å². The zero-order chi connectivity index (χ0) is 12.4. The second-order valence-corrected chi connectivity index (χ2v) is 6.12. The predicted molar refractivity (Wildman–Crippen MR) is 74.8 cm³/mol. The van der Waals surface area contributed by atoms with Gasteiger partial charge in [-0.3, -0.25) is 4.79 Å². The SMILES string of the molecule is O=C(NC1CCCSC1)c1ccc2c(c1)CNC2. The van der Waals surface area contributed by atoms with Crippen LogP contribution in [-0.4, -0.2) is 23.5 Å². The Morgan fingerprint density at radius 3 is 3.06 bits per heavy atom. The molecule has 2 aliphatic rings. The minimum atomic E-state index is 0.0807. The summed E-state index contributed by atoms with van der Waals surface area (Å²) in [6, 6.07) is 6.39. The molecule has 0 aliphatic carbocycles. The number of thioether (sulfide) groups is 1. The Kier molecular flexibility index (Phi) is 3.57. The first kappa shape index (κ1) is 12.1. The normalized spacial score (nSPS) is 22.6. The molecule has 0 saturated carbocycles. The fourth-order valence-electron chi connectivity index (χ4n) is 2.56. The van der Waals surface area contributed by atoms with E-state index in [2.05, 4.69) is 16.7 Å². The van der Waals surface area contributed by atoms with E-state index in [9.17, 15) is 4.79 Å². The molecule has 18 heavy (non-hydrogen) atoms. The van der Waals surface area contributed by atoms with Gasteiger partial charge in [0.15, 0.2) is 0 Å². The molecule has 0 bridgehead atoms. The van der Waals surface area contributed by atoms with Gasteiger partial charge in [0.1, 0.15) is 0 Å². The van der Waals surface area contributed by atoms with E-state index in [1.807, 2.05) is 23.9 Å². The maximum Gasteiger partial charge on any atom is 0.251 e. The fraction of sp³-hybridized carbons (Fsp3) is 0.500. The third-order valence-corrected chi connectivity index (χ3v) is 4.81. The van der Waals surface area contributed by atoms with Crippen molar-refractivity contribution in [2.75, 3.05) is 11.5 Å². The van der Waals surface area contributed by atoms with Crippen LogP contribution in [0.25, 0.3) is 0 Å². The number of hydrogen-bond donors (Lipinski definition) is 2. The zero-order valence-corrected chi connectivity index (χ0v) is 11.2. The molecule has 1 aromatic rings. The quantitative estimate of drug-likeness (QED) is 0.855. The molecule has 0 aromatic heterocycles. The molecule has 0 spiro atoms. The Hall–Kier alpha value is -1.00. The maximum atomic E-state index is 12.2. The van der Waals surface area contributed by atoms with Crippen molar-refractivity contribution in [3.05, 3.63) is 34.9 Å². The van der Waals surface area contributed by atoms with Crippen LogP contribution in [-0.2, 0) is 13.1 Å². The highest BCUT2D eigenvalue weighted by Gasteiger charge is 2.18. The third kappa shape index (κ3) is 2.54. The van der Waals surface area contributed by atoms with E-state index in [0.717, 1.165) is 30.8 Å². The topological polar surface area (TPSA) is 41.1 Å². The van der Waals surface area contributed by atoms with Crippen LogP contribution in [0, 0.1) is 0 Å². The molecule has 2 heterocycles. The highest BCUT2D eigenvalue weighted by atomic mass is 32.2. The molecule has 2 aliphatic heterocycles. The lowest BCUT2D eigenvalue weighted by molar-refractivity contribution is 0.0938. The van der Waals surface area contributed by atoms with Gasteiger partial charge in [0.2, 0.25) is 0 Å². The first-order valence-corrected chi connectivity index (χ1v) is 7.69. The summed E-state index contributed by atoms with van der Waals surface area (Å²) in [5, 5.41) is 6.45. The predicted octanol–water partition coefficient (Wildman–Crippen LogP) is 1.92. The molecule has 1 aromatic carbocycles. The second-order valence-electron chi connectivity index (χ2n) is 4.97. The van der Waals surface area contributed by atoms with E-state index < -0.39 is 0 Å². The van der Waals surface area contributed by atoms with Gasteiger partial charge in [0, 0.05) is 30.4 Å². The summed E-state index contributed by atoms with van der Waals surface area (Å²) in [6.07, 6.45) is 2.33. The number of benzene rings is 1. The minimum absolute atomic E-state index is 0.0807. The van der Waals surface area contributed by atoms with Crippen LogP contribution in [0.15, 0.2) is 18.2 Å². The molecule has 1 amide bonds. The van der Waals surface area contributed by atoms with E-state index in [-0.39, 0.29) is 5.91 Å². The first-order chi connectivity index (χ1) is 8.83. The lowest BCUT2D eigenvalue weighted by Crippen LogP contribution is -2.38. The van der Waals surface area contributed by atoms with Crippen molar-refractivity contribution >= 4 is 17.7 Å². The molecule has 1 unspecified atom stereocenters. The van der Waals surface area contributed by atoms with Crippen LogP contribution >= 0.6 is 11.8 Å². The molecule has 2 N–H and O–H groups in total. The van der Waals surface area contributed by atoms with Gasteiger partial charge < -0.3 is 10.6 Å². The van der Waals surface area contributed by atoms with E-state index in [0.29, 0.717) is 6.04 Å². The molecule has 1 fully saturated rings. The Bertz CT molecular complexity index is 455. The number of rotatable bonds is 2. The van der Waals surface area contributed by atoms with Crippen molar-refractivity contribution in [3.63, 3.8) is 0 Å². The van der Waals surface area contributed by atoms with Gasteiger partial charge in [0.25, 0.3) is 5.91 Å². The van der Waals surface area contributed by atoms with Crippen LogP contribution in [0.3, 0.4) is 0 Å². The van der Waals surface area contributed by atoms with Crippen molar-refractivity contribution in [2.24, 2.45) is 0 Å². The van der Waals surface area contributed by atoms with Crippen molar-refractivity contribution in [1.29, 1.82) is 0 Å². The first-order valence-electron chi connectivity index (χ1n) is 6.54. The second kappa shape index (κ2) is 5.33. The maximum absolute atomic E-state index is 12.2. The average Bonchev–Trinajstić information content (AvgIpc) is 2.87. The summed E-state index contributed by atoms with van der Waals surface area (Å²) in [5.41, 5.74) is 3.38. The number of fused-ring (bicyclic) bond motifs is 1.